The Morgan fingerprint density at radius 3 is 2.60 bits per heavy atom. The van der Waals surface area contributed by atoms with Gasteiger partial charge in [0.25, 0.3) is 0 Å². The van der Waals surface area contributed by atoms with Crippen LogP contribution in [0.4, 0.5) is 4.79 Å². The number of fused-ring (bicyclic) bond motifs is 1. The van der Waals surface area contributed by atoms with Gasteiger partial charge in [0, 0.05) is 31.1 Å². The Morgan fingerprint density at radius 1 is 1.23 bits per heavy atom. The number of amides is 1. The number of aromatic nitrogens is 4. The van der Waals surface area contributed by atoms with Gasteiger partial charge in [0.1, 0.15) is 11.3 Å². The Kier molecular flexibility index (Phi) is 5.38. The number of benzene rings is 1. The molecule has 160 valence electrons. The average molecular weight is 474 g/mol. The Balaban J connectivity index is 1.53. The first-order valence-corrected chi connectivity index (χ1v) is 11.1. The molecule has 4 rings (SSSR count). The van der Waals surface area contributed by atoms with Crippen LogP contribution in [0.2, 0.25) is 0 Å². The molecule has 1 aromatic carbocycles. The Bertz CT molecular complexity index is 1090. The molecule has 3 heterocycles. The van der Waals surface area contributed by atoms with Gasteiger partial charge < -0.3 is 9.64 Å². The van der Waals surface area contributed by atoms with Crippen molar-refractivity contribution in [2.24, 2.45) is 7.05 Å². The SMILES string of the molecule is Cc1c(Br)c(-c2ccc3c(cnn3C)c2)nn1C1CCN(C(=O)OC(C)(C)C)CC1. The van der Waals surface area contributed by atoms with Gasteiger partial charge in [-0.3, -0.25) is 9.36 Å². The van der Waals surface area contributed by atoms with Gasteiger partial charge in [-0.25, -0.2) is 4.79 Å². The molecule has 0 atom stereocenters. The summed E-state index contributed by atoms with van der Waals surface area (Å²) in [5.74, 6) is 0. The summed E-state index contributed by atoms with van der Waals surface area (Å²) in [5, 5.41) is 10.4. The molecule has 1 aliphatic rings. The van der Waals surface area contributed by atoms with Crippen LogP contribution in [0.15, 0.2) is 28.9 Å². The predicted octanol–water partition coefficient (Wildman–Crippen LogP) is 5.08. The lowest BCUT2D eigenvalue weighted by atomic mass is 10.1. The number of carbonyl (C=O) groups excluding carboxylic acids is 1. The second-order valence-corrected chi connectivity index (χ2v) is 9.73. The maximum atomic E-state index is 12.3. The summed E-state index contributed by atoms with van der Waals surface area (Å²) < 4.78 is 10.5. The molecule has 30 heavy (non-hydrogen) atoms. The van der Waals surface area contributed by atoms with Crippen LogP contribution in [-0.4, -0.2) is 49.2 Å². The number of aryl methyl sites for hydroxylation is 1. The van der Waals surface area contributed by atoms with Crippen LogP contribution in [0.3, 0.4) is 0 Å². The molecule has 1 aliphatic heterocycles. The van der Waals surface area contributed by atoms with E-state index in [-0.39, 0.29) is 12.1 Å². The highest BCUT2D eigenvalue weighted by Crippen LogP contribution is 2.35. The van der Waals surface area contributed by atoms with E-state index in [1.807, 2.05) is 38.7 Å². The molecule has 8 heteroatoms. The van der Waals surface area contributed by atoms with Crippen LogP contribution in [0, 0.1) is 6.92 Å². The van der Waals surface area contributed by atoms with Crippen molar-refractivity contribution in [1.82, 2.24) is 24.5 Å². The highest BCUT2D eigenvalue weighted by atomic mass is 79.9. The Hall–Kier alpha value is -2.35. The van der Waals surface area contributed by atoms with Crippen LogP contribution in [0.5, 0.6) is 0 Å². The number of hydrogen-bond acceptors (Lipinski definition) is 4. The Morgan fingerprint density at radius 2 is 1.93 bits per heavy atom. The molecule has 0 saturated carbocycles. The van der Waals surface area contributed by atoms with Crippen molar-refractivity contribution >= 4 is 32.9 Å². The molecule has 0 aliphatic carbocycles. The molecule has 0 radical (unpaired) electrons. The summed E-state index contributed by atoms with van der Waals surface area (Å²) in [6.07, 6.45) is 3.36. The van der Waals surface area contributed by atoms with Gasteiger partial charge >= 0.3 is 6.09 Å². The maximum Gasteiger partial charge on any atom is 0.410 e. The molecular weight excluding hydrogens is 446 g/mol. The summed E-state index contributed by atoms with van der Waals surface area (Å²) in [7, 11) is 1.94. The molecule has 1 amide bonds. The fourth-order valence-electron chi connectivity index (χ4n) is 3.97. The van der Waals surface area contributed by atoms with Gasteiger partial charge in [-0.1, -0.05) is 6.07 Å². The van der Waals surface area contributed by atoms with E-state index in [4.69, 9.17) is 9.84 Å². The standard InChI is InChI=1S/C22H28BrN5O2/c1-14-19(23)20(15-6-7-18-16(12-15)13-24-26(18)5)25-28(14)17-8-10-27(11-9-17)21(29)30-22(2,3)4/h6-7,12-13,17H,8-11H2,1-5H3. The monoisotopic (exact) mass is 473 g/mol. The zero-order valence-corrected chi connectivity index (χ0v) is 19.7. The number of carbonyl (C=O) groups is 1. The first-order valence-electron chi connectivity index (χ1n) is 10.3. The molecule has 0 N–H and O–H groups in total. The normalized spacial score (nSPS) is 15.7. The smallest absolute Gasteiger partial charge is 0.410 e. The maximum absolute atomic E-state index is 12.3. The third-order valence-electron chi connectivity index (χ3n) is 5.56. The molecule has 7 nitrogen and oxygen atoms in total. The van der Waals surface area contributed by atoms with Crippen molar-refractivity contribution in [3.05, 3.63) is 34.6 Å². The molecule has 2 aromatic heterocycles. The number of likely N-dealkylation sites (tertiary alicyclic amines) is 1. The highest BCUT2D eigenvalue weighted by Gasteiger charge is 2.29. The summed E-state index contributed by atoms with van der Waals surface area (Å²) >= 11 is 3.75. The van der Waals surface area contributed by atoms with Crippen LogP contribution in [-0.2, 0) is 11.8 Å². The van der Waals surface area contributed by atoms with Crippen molar-refractivity contribution in [2.75, 3.05) is 13.1 Å². The van der Waals surface area contributed by atoms with Crippen LogP contribution in [0.25, 0.3) is 22.2 Å². The van der Waals surface area contributed by atoms with Gasteiger partial charge in [-0.05, 0) is 68.6 Å². The van der Waals surface area contributed by atoms with Crippen molar-refractivity contribution in [3.63, 3.8) is 0 Å². The number of rotatable bonds is 2. The van der Waals surface area contributed by atoms with Gasteiger partial charge in [0.2, 0.25) is 0 Å². The summed E-state index contributed by atoms with van der Waals surface area (Å²) in [6.45, 7) is 9.12. The fourth-order valence-corrected chi connectivity index (χ4v) is 4.46. The van der Waals surface area contributed by atoms with Gasteiger partial charge in [0.15, 0.2) is 0 Å². The molecule has 0 bridgehead atoms. The first kappa shape index (κ1) is 20.9. The van der Waals surface area contributed by atoms with Crippen LogP contribution < -0.4 is 0 Å². The minimum absolute atomic E-state index is 0.232. The zero-order chi connectivity index (χ0) is 21.6. The summed E-state index contributed by atoms with van der Waals surface area (Å²) in [6, 6.07) is 6.56. The van der Waals surface area contributed by atoms with Crippen molar-refractivity contribution < 1.29 is 9.53 Å². The molecule has 3 aromatic rings. The molecule has 0 spiro atoms. The van der Waals surface area contributed by atoms with E-state index in [9.17, 15) is 4.79 Å². The Labute approximate surface area is 185 Å². The largest absolute Gasteiger partial charge is 0.444 e. The number of piperidine rings is 1. The minimum Gasteiger partial charge on any atom is -0.444 e. The summed E-state index contributed by atoms with van der Waals surface area (Å²) in [5.41, 5.74) is 3.73. The van der Waals surface area contributed by atoms with Crippen molar-refractivity contribution in [3.8, 4) is 11.3 Å². The number of hydrogen-bond donors (Lipinski definition) is 0. The topological polar surface area (TPSA) is 65.2 Å². The lowest BCUT2D eigenvalue weighted by Gasteiger charge is -2.33. The molecule has 0 unspecified atom stereocenters. The van der Waals surface area contributed by atoms with Crippen LogP contribution in [0.1, 0.15) is 45.3 Å². The first-order chi connectivity index (χ1) is 14.1. The second-order valence-electron chi connectivity index (χ2n) is 8.93. The molecule has 1 fully saturated rings. The van der Waals surface area contributed by atoms with E-state index < -0.39 is 5.60 Å². The van der Waals surface area contributed by atoms with E-state index in [2.05, 4.69) is 50.8 Å². The van der Waals surface area contributed by atoms with Crippen LogP contribution >= 0.6 is 15.9 Å². The summed E-state index contributed by atoms with van der Waals surface area (Å²) in [4.78, 5) is 14.1. The molecular formula is C22H28BrN5O2. The second kappa shape index (κ2) is 7.72. The van der Waals surface area contributed by atoms with Gasteiger partial charge in [0.05, 0.1) is 27.9 Å². The lowest BCUT2D eigenvalue weighted by molar-refractivity contribution is 0.0184. The van der Waals surface area contributed by atoms with Crippen molar-refractivity contribution in [1.29, 1.82) is 0 Å². The number of ether oxygens (including phenoxy) is 1. The fraction of sp³-hybridized carbons (Fsp3) is 0.500. The quantitative estimate of drug-likeness (QED) is 0.520. The zero-order valence-electron chi connectivity index (χ0n) is 18.1. The number of halogens is 1. The highest BCUT2D eigenvalue weighted by molar-refractivity contribution is 9.10. The van der Waals surface area contributed by atoms with Gasteiger partial charge in [-0.2, -0.15) is 10.2 Å². The van der Waals surface area contributed by atoms with E-state index in [0.717, 1.165) is 45.2 Å². The third-order valence-corrected chi connectivity index (χ3v) is 6.51. The average Bonchev–Trinajstić information content (AvgIpc) is 3.21. The molecule has 1 saturated heterocycles. The lowest BCUT2D eigenvalue weighted by Crippen LogP contribution is -2.42. The van der Waals surface area contributed by atoms with Gasteiger partial charge in [-0.15, -0.1) is 0 Å². The minimum atomic E-state index is -0.471. The van der Waals surface area contributed by atoms with Crippen molar-refractivity contribution in [2.45, 2.75) is 52.2 Å². The van der Waals surface area contributed by atoms with E-state index in [0.29, 0.717) is 13.1 Å². The van der Waals surface area contributed by atoms with E-state index in [1.165, 1.54) is 0 Å². The van der Waals surface area contributed by atoms with E-state index >= 15 is 0 Å². The van der Waals surface area contributed by atoms with E-state index in [1.54, 1.807) is 4.90 Å². The predicted molar refractivity (Wildman–Crippen MR) is 120 cm³/mol. The third kappa shape index (κ3) is 3.97. The number of nitrogens with zero attached hydrogens (tertiary/aromatic N) is 5.